The van der Waals surface area contributed by atoms with Crippen molar-refractivity contribution in [2.45, 2.75) is 12.5 Å². The third-order valence-corrected chi connectivity index (χ3v) is 4.97. The summed E-state index contributed by atoms with van der Waals surface area (Å²) in [6, 6.07) is 4.96. The van der Waals surface area contributed by atoms with E-state index in [0.29, 0.717) is 54.9 Å². The zero-order valence-corrected chi connectivity index (χ0v) is 15.8. The lowest BCUT2D eigenvalue weighted by Crippen LogP contribution is -2.50. The first-order chi connectivity index (χ1) is 11.5. The largest absolute Gasteiger partial charge is 0.373 e. The number of amides is 2. The number of nitrogens with two attached hydrogens (primary N) is 1. The minimum Gasteiger partial charge on any atom is -0.373 e. The standard InChI is InChI=1S/C16H19Cl2N3O3.ClH/c17-10-1-2-13(18)14(7-10)21-4-3-12(16(21)23)15(22)20-5-6-24-11(8-19)9-20;/h1-2,7,11-12H,3-6,8-9,19H2;1H. The van der Waals surface area contributed by atoms with Crippen LogP contribution in [0.4, 0.5) is 5.69 Å². The van der Waals surface area contributed by atoms with E-state index in [2.05, 4.69) is 0 Å². The average Bonchev–Trinajstić information content (AvgIpc) is 2.97. The van der Waals surface area contributed by atoms with Gasteiger partial charge in [-0.25, -0.2) is 0 Å². The maximum absolute atomic E-state index is 12.7. The predicted octanol–water partition coefficient (Wildman–Crippen LogP) is 1.95. The van der Waals surface area contributed by atoms with E-state index in [4.69, 9.17) is 33.7 Å². The fourth-order valence-corrected chi connectivity index (χ4v) is 3.51. The number of anilines is 1. The van der Waals surface area contributed by atoms with E-state index in [1.54, 1.807) is 23.1 Å². The van der Waals surface area contributed by atoms with Gasteiger partial charge in [-0.1, -0.05) is 23.2 Å². The Morgan fingerprint density at radius 2 is 2.08 bits per heavy atom. The lowest BCUT2D eigenvalue weighted by Gasteiger charge is -2.33. The number of carbonyl (C=O) groups excluding carboxylic acids is 2. The first-order valence-electron chi connectivity index (χ1n) is 7.88. The van der Waals surface area contributed by atoms with Crippen molar-refractivity contribution in [1.29, 1.82) is 0 Å². The van der Waals surface area contributed by atoms with Crippen LogP contribution in [0.5, 0.6) is 0 Å². The van der Waals surface area contributed by atoms with Gasteiger partial charge in [0.05, 0.1) is 23.4 Å². The minimum atomic E-state index is -0.684. The minimum absolute atomic E-state index is 0. The monoisotopic (exact) mass is 407 g/mol. The second-order valence-electron chi connectivity index (χ2n) is 5.94. The van der Waals surface area contributed by atoms with Crippen LogP contribution < -0.4 is 10.6 Å². The third kappa shape index (κ3) is 4.20. The Labute approximate surface area is 162 Å². The molecule has 2 aliphatic rings. The Kier molecular flexibility index (Phi) is 6.93. The summed E-state index contributed by atoms with van der Waals surface area (Å²) >= 11 is 12.2. The van der Waals surface area contributed by atoms with Gasteiger partial charge >= 0.3 is 0 Å². The lowest BCUT2D eigenvalue weighted by atomic mass is 10.1. The highest BCUT2D eigenvalue weighted by Crippen LogP contribution is 2.34. The predicted molar refractivity (Wildman–Crippen MR) is 99.5 cm³/mol. The molecule has 2 unspecified atom stereocenters. The molecule has 1 aromatic rings. The van der Waals surface area contributed by atoms with E-state index in [1.165, 1.54) is 4.90 Å². The van der Waals surface area contributed by atoms with E-state index >= 15 is 0 Å². The Bertz CT molecular complexity index is 659. The summed E-state index contributed by atoms with van der Waals surface area (Å²) < 4.78 is 5.47. The number of hydrogen-bond donors (Lipinski definition) is 1. The van der Waals surface area contributed by atoms with E-state index in [1.807, 2.05) is 0 Å². The van der Waals surface area contributed by atoms with Crippen molar-refractivity contribution in [3.05, 3.63) is 28.2 Å². The molecule has 0 radical (unpaired) electrons. The van der Waals surface area contributed by atoms with Crippen LogP contribution in [0.1, 0.15) is 6.42 Å². The van der Waals surface area contributed by atoms with Crippen molar-refractivity contribution >= 4 is 53.1 Å². The van der Waals surface area contributed by atoms with E-state index in [9.17, 15) is 9.59 Å². The molecule has 0 aliphatic carbocycles. The molecule has 1 aromatic carbocycles. The van der Waals surface area contributed by atoms with Crippen LogP contribution in [0.3, 0.4) is 0 Å². The molecule has 2 amide bonds. The van der Waals surface area contributed by atoms with Crippen LogP contribution in [0.25, 0.3) is 0 Å². The molecule has 2 N–H and O–H groups in total. The van der Waals surface area contributed by atoms with Crippen molar-refractivity contribution in [2.75, 3.05) is 37.7 Å². The maximum atomic E-state index is 12.7. The number of halogens is 3. The Morgan fingerprint density at radius 1 is 1.32 bits per heavy atom. The van der Waals surface area contributed by atoms with Crippen LogP contribution in [-0.2, 0) is 14.3 Å². The van der Waals surface area contributed by atoms with Gasteiger partial charge < -0.3 is 20.3 Å². The zero-order chi connectivity index (χ0) is 17.3. The fourth-order valence-electron chi connectivity index (χ4n) is 3.12. The van der Waals surface area contributed by atoms with Crippen molar-refractivity contribution in [3.63, 3.8) is 0 Å². The van der Waals surface area contributed by atoms with E-state index in [0.717, 1.165) is 0 Å². The quantitative estimate of drug-likeness (QED) is 0.776. The number of carbonyl (C=O) groups is 2. The maximum Gasteiger partial charge on any atom is 0.239 e. The van der Waals surface area contributed by atoms with Crippen molar-refractivity contribution < 1.29 is 14.3 Å². The second-order valence-corrected chi connectivity index (χ2v) is 6.78. The van der Waals surface area contributed by atoms with E-state index in [-0.39, 0.29) is 30.3 Å². The van der Waals surface area contributed by atoms with Crippen molar-refractivity contribution in [2.24, 2.45) is 11.7 Å². The molecule has 0 bridgehead atoms. The molecule has 138 valence electrons. The molecule has 6 nitrogen and oxygen atoms in total. The van der Waals surface area contributed by atoms with Crippen LogP contribution in [0.2, 0.25) is 10.0 Å². The van der Waals surface area contributed by atoms with Gasteiger partial charge in [-0.15, -0.1) is 12.4 Å². The van der Waals surface area contributed by atoms with Gasteiger partial charge in [0, 0.05) is 31.2 Å². The molecule has 2 aliphatic heterocycles. The summed E-state index contributed by atoms with van der Waals surface area (Å²) in [5.74, 6) is -1.08. The fraction of sp³-hybridized carbons (Fsp3) is 0.500. The molecule has 2 saturated heterocycles. The molecule has 0 aromatic heterocycles. The van der Waals surface area contributed by atoms with Gasteiger partial charge in [0.1, 0.15) is 5.92 Å². The highest BCUT2D eigenvalue weighted by atomic mass is 35.5. The number of benzene rings is 1. The lowest BCUT2D eigenvalue weighted by molar-refractivity contribution is -0.145. The summed E-state index contributed by atoms with van der Waals surface area (Å²) in [5, 5.41) is 0.936. The zero-order valence-electron chi connectivity index (χ0n) is 13.5. The van der Waals surface area contributed by atoms with Gasteiger partial charge in [-0.2, -0.15) is 0 Å². The topological polar surface area (TPSA) is 75.9 Å². The van der Waals surface area contributed by atoms with Crippen LogP contribution >= 0.6 is 35.6 Å². The first-order valence-corrected chi connectivity index (χ1v) is 8.63. The smallest absolute Gasteiger partial charge is 0.239 e. The number of nitrogens with zero attached hydrogens (tertiary/aromatic N) is 2. The molecule has 3 rings (SSSR count). The normalized spacial score (nSPS) is 23.6. The molecule has 0 spiro atoms. The molecule has 2 fully saturated rings. The number of rotatable bonds is 3. The van der Waals surface area contributed by atoms with E-state index < -0.39 is 5.92 Å². The molecule has 2 heterocycles. The Balaban J connectivity index is 0.00000225. The molecule has 2 atom stereocenters. The second kappa shape index (κ2) is 8.56. The van der Waals surface area contributed by atoms with Crippen LogP contribution in [-0.4, -0.2) is 55.6 Å². The first kappa shape index (κ1) is 20.3. The number of morpholine rings is 1. The number of hydrogen-bond acceptors (Lipinski definition) is 4. The van der Waals surface area contributed by atoms with Gasteiger partial charge in [-0.3, -0.25) is 9.59 Å². The summed E-state index contributed by atoms with van der Waals surface area (Å²) in [7, 11) is 0. The van der Waals surface area contributed by atoms with Gasteiger partial charge in [-0.05, 0) is 24.6 Å². The highest BCUT2D eigenvalue weighted by molar-refractivity contribution is 6.36. The van der Waals surface area contributed by atoms with Gasteiger partial charge in [0.25, 0.3) is 0 Å². The van der Waals surface area contributed by atoms with Crippen molar-refractivity contribution in [3.8, 4) is 0 Å². The number of ether oxygens (including phenoxy) is 1. The molecular weight excluding hydrogens is 389 g/mol. The third-order valence-electron chi connectivity index (χ3n) is 4.42. The SMILES string of the molecule is Cl.NCC1CN(C(=O)C2CCN(c3cc(Cl)ccc3Cl)C2=O)CCO1. The van der Waals surface area contributed by atoms with Crippen LogP contribution in [0, 0.1) is 5.92 Å². The molecular formula is C16H20Cl3N3O3. The Hall–Kier alpha value is -1.05. The van der Waals surface area contributed by atoms with Gasteiger partial charge in [0.15, 0.2) is 0 Å². The summed E-state index contributed by atoms with van der Waals surface area (Å²) in [6.07, 6.45) is 0.295. The van der Waals surface area contributed by atoms with Gasteiger partial charge in [0.2, 0.25) is 11.8 Å². The highest BCUT2D eigenvalue weighted by Gasteiger charge is 2.41. The molecule has 0 saturated carbocycles. The Morgan fingerprint density at radius 3 is 2.80 bits per heavy atom. The summed E-state index contributed by atoms with van der Waals surface area (Å²) in [5.41, 5.74) is 6.16. The summed E-state index contributed by atoms with van der Waals surface area (Å²) in [6.45, 7) is 2.15. The van der Waals surface area contributed by atoms with Crippen LogP contribution in [0.15, 0.2) is 18.2 Å². The molecule has 9 heteroatoms. The average molecular weight is 409 g/mol. The van der Waals surface area contributed by atoms with Crippen molar-refractivity contribution in [1.82, 2.24) is 4.90 Å². The summed E-state index contributed by atoms with van der Waals surface area (Å²) in [4.78, 5) is 28.7. The molecule has 25 heavy (non-hydrogen) atoms.